The third-order valence-electron chi connectivity index (χ3n) is 2.26. The number of hydrazine groups is 1. The number of nitrogens with two attached hydrogens (primary N) is 1. The molecule has 0 aliphatic rings. The Morgan fingerprint density at radius 1 is 1.11 bits per heavy atom. The van der Waals surface area contributed by atoms with E-state index in [2.05, 4.69) is 38.3 Å². The van der Waals surface area contributed by atoms with Gasteiger partial charge in [-0.15, -0.1) is 0 Å². The van der Waals surface area contributed by atoms with Crippen molar-refractivity contribution in [3.63, 3.8) is 0 Å². The number of anilines is 2. The Labute approximate surface area is 118 Å². The van der Waals surface area contributed by atoms with Gasteiger partial charge in [0.25, 0.3) is 5.91 Å². The zero-order valence-electron chi connectivity index (χ0n) is 9.35. The third-order valence-corrected chi connectivity index (χ3v) is 2.98. The number of pyridine rings is 1. The Morgan fingerprint density at radius 2 is 1.78 bits per heavy atom. The van der Waals surface area contributed by atoms with Gasteiger partial charge in [0, 0.05) is 9.26 Å². The highest BCUT2D eigenvalue weighted by atomic mass is 127. The summed E-state index contributed by atoms with van der Waals surface area (Å²) in [5.41, 5.74) is 4.19. The third kappa shape index (κ3) is 3.17. The van der Waals surface area contributed by atoms with Crippen LogP contribution in [0.2, 0.25) is 0 Å². The molecule has 4 N–H and O–H groups in total. The molecule has 0 aliphatic heterocycles. The first-order chi connectivity index (χ1) is 8.69. The summed E-state index contributed by atoms with van der Waals surface area (Å²) in [6.45, 7) is 0. The second kappa shape index (κ2) is 5.78. The molecule has 92 valence electrons. The standard InChI is InChI=1S/C12H11IN4O/c13-8-1-3-9(4-2-8)16-12(18)11-6-5-10(17-14)7-15-11/h1-7,17H,14H2,(H,16,18). The van der Waals surface area contributed by atoms with Gasteiger partial charge in [-0.25, -0.2) is 4.98 Å². The van der Waals surface area contributed by atoms with Gasteiger partial charge in [-0.05, 0) is 59.0 Å². The first-order valence-electron chi connectivity index (χ1n) is 5.18. The van der Waals surface area contributed by atoms with Crippen LogP contribution >= 0.6 is 22.6 Å². The molecule has 0 atom stereocenters. The summed E-state index contributed by atoms with van der Waals surface area (Å²) in [7, 11) is 0. The van der Waals surface area contributed by atoms with Crippen molar-refractivity contribution in [2.24, 2.45) is 5.84 Å². The van der Waals surface area contributed by atoms with Crippen molar-refractivity contribution in [2.75, 3.05) is 10.7 Å². The highest BCUT2D eigenvalue weighted by Gasteiger charge is 2.07. The van der Waals surface area contributed by atoms with Crippen LogP contribution in [0.1, 0.15) is 10.5 Å². The Bertz CT molecular complexity index is 539. The molecular weight excluding hydrogens is 343 g/mol. The highest BCUT2D eigenvalue weighted by Crippen LogP contribution is 2.12. The van der Waals surface area contributed by atoms with Gasteiger partial charge in [0.05, 0.1) is 11.9 Å². The number of rotatable bonds is 3. The number of amides is 1. The van der Waals surface area contributed by atoms with E-state index in [-0.39, 0.29) is 5.91 Å². The number of carbonyl (C=O) groups excluding carboxylic acids is 1. The lowest BCUT2D eigenvalue weighted by molar-refractivity contribution is 0.102. The lowest BCUT2D eigenvalue weighted by Crippen LogP contribution is -2.14. The molecule has 1 aromatic heterocycles. The molecule has 2 rings (SSSR count). The molecule has 6 heteroatoms. The van der Waals surface area contributed by atoms with Crippen molar-refractivity contribution in [2.45, 2.75) is 0 Å². The van der Waals surface area contributed by atoms with E-state index < -0.39 is 0 Å². The number of nitrogen functional groups attached to an aromatic ring is 1. The van der Waals surface area contributed by atoms with Crippen LogP contribution < -0.4 is 16.6 Å². The van der Waals surface area contributed by atoms with Gasteiger partial charge < -0.3 is 10.7 Å². The van der Waals surface area contributed by atoms with E-state index in [1.54, 1.807) is 12.1 Å². The Balaban J connectivity index is 2.09. The van der Waals surface area contributed by atoms with E-state index in [1.807, 2.05) is 24.3 Å². The Morgan fingerprint density at radius 3 is 2.33 bits per heavy atom. The van der Waals surface area contributed by atoms with Crippen molar-refractivity contribution in [1.29, 1.82) is 0 Å². The number of benzene rings is 1. The summed E-state index contributed by atoms with van der Waals surface area (Å²) in [6, 6.07) is 10.8. The fourth-order valence-electron chi connectivity index (χ4n) is 1.34. The number of carbonyl (C=O) groups is 1. The van der Waals surface area contributed by atoms with E-state index >= 15 is 0 Å². The normalized spacial score (nSPS) is 9.89. The molecule has 0 bridgehead atoms. The van der Waals surface area contributed by atoms with E-state index in [0.717, 1.165) is 9.26 Å². The lowest BCUT2D eigenvalue weighted by Gasteiger charge is -2.05. The minimum atomic E-state index is -0.250. The number of aromatic nitrogens is 1. The predicted octanol–water partition coefficient (Wildman–Crippen LogP) is 2.22. The molecular formula is C12H11IN4O. The summed E-state index contributed by atoms with van der Waals surface area (Å²) in [5, 5.41) is 2.77. The van der Waals surface area contributed by atoms with Gasteiger partial charge in [-0.3, -0.25) is 10.6 Å². The first-order valence-corrected chi connectivity index (χ1v) is 6.26. The molecule has 0 aliphatic carbocycles. The van der Waals surface area contributed by atoms with Crippen LogP contribution in [-0.2, 0) is 0 Å². The van der Waals surface area contributed by atoms with Crippen LogP contribution in [0.4, 0.5) is 11.4 Å². The maximum absolute atomic E-state index is 11.9. The quantitative estimate of drug-likeness (QED) is 0.449. The molecule has 1 heterocycles. The summed E-state index contributed by atoms with van der Waals surface area (Å²) < 4.78 is 1.11. The maximum Gasteiger partial charge on any atom is 0.274 e. The van der Waals surface area contributed by atoms with E-state index in [4.69, 9.17) is 5.84 Å². The summed E-state index contributed by atoms with van der Waals surface area (Å²) in [6.07, 6.45) is 1.50. The minimum absolute atomic E-state index is 0.250. The van der Waals surface area contributed by atoms with Crippen LogP contribution in [0.15, 0.2) is 42.6 Å². The number of halogens is 1. The molecule has 5 nitrogen and oxygen atoms in total. The molecule has 0 saturated heterocycles. The van der Waals surface area contributed by atoms with Crippen molar-refractivity contribution in [1.82, 2.24) is 4.98 Å². The lowest BCUT2D eigenvalue weighted by atomic mass is 10.3. The minimum Gasteiger partial charge on any atom is -0.323 e. The van der Waals surface area contributed by atoms with Crippen molar-refractivity contribution in [3.8, 4) is 0 Å². The molecule has 1 amide bonds. The molecule has 0 radical (unpaired) electrons. The van der Waals surface area contributed by atoms with Gasteiger partial charge in [0.1, 0.15) is 5.69 Å². The number of nitrogens with one attached hydrogen (secondary N) is 2. The van der Waals surface area contributed by atoms with Crippen molar-refractivity contribution >= 4 is 39.9 Å². The second-order valence-electron chi connectivity index (χ2n) is 3.54. The summed E-state index contributed by atoms with van der Waals surface area (Å²) >= 11 is 2.21. The van der Waals surface area contributed by atoms with Gasteiger partial charge in [-0.2, -0.15) is 0 Å². The van der Waals surface area contributed by atoms with Gasteiger partial charge in [0.15, 0.2) is 0 Å². The van der Waals surface area contributed by atoms with Crippen molar-refractivity contribution < 1.29 is 4.79 Å². The van der Waals surface area contributed by atoms with Crippen LogP contribution in [-0.4, -0.2) is 10.9 Å². The Kier molecular flexibility index (Phi) is 4.11. The van der Waals surface area contributed by atoms with Crippen LogP contribution in [0.5, 0.6) is 0 Å². The number of hydrogen-bond donors (Lipinski definition) is 3. The van der Waals surface area contributed by atoms with Gasteiger partial charge in [0.2, 0.25) is 0 Å². The SMILES string of the molecule is NNc1ccc(C(=O)Nc2ccc(I)cc2)nc1. The first kappa shape index (κ1) is 12.8. The molecule has 18 heavy (non-hydrogen) atoms. The summed E-state index contributed by atoms with van der Waals surface area (Å²) in [4.78, 5) is 15.9. The fourth-order valence-corrected chi connectivity index (χ4v) is 1.70. The monoisotopic (exact) mass is 354 g/mol. The van der Waals surface area contributed by atoms with E-state index in [1.165, 1.54) is 6.20 Å². The maximum atomic E-state index is 11.9. The number of nitrogens with zero attached hydrogens (tertiary/aromatic N) is 1. The Hall–Kier alpha value is -1.67. The predicted molar refractivity (Wildman–Crippen MR) is 79.2 cm³/mol. The summed E-state index contributed by atoms with van der Waals surface area (Å²) in [5.74, 6) is 4.97. The molecule has 0 unspecified atom stereocenters. The van der Waals surface area contributed by atoms with Crippen LogP contribution in [0, 0.1) is 3.57 Å². The van der Waals surface area contributed by atoms with E-state index in [0.29, 0.717) is 11.4 Å². The highest BCUT2D eigenvalue weighted by molar-refractivity contribution is 14.1. The molecule has 0 fully saturated rings. The number of hydrogen-bond acceptors (Lipinski definition) is 4. The zero-order valence-corrected chi connectivity index (χ0v) is 11.5. The van der Waals surface area contributed by atoms with Gasteiger partial charge >= 0.3 is 0 Å². The van der Waals surface area contributed by atoms with E-state index in [9.17, 15) is 4.79 Å². The molecule has 0 spiro atoms. The average Bonchev–Trinajstić information content (AvgIpc) is 2.41. The average molecular weight is 354 g/mol. The topological polar surface area (TPSA) is 80.0 Å². The molecule has 0 saturated carbocycles. The largest absolute Gasteiger partial charge is 0.323 e. The van der Waals surface area contributed by atoms with Crippen molar-refractivity contribution in [3.05, 3.63) is 51.9 Å². The fraction of sp³-hybridized carbons (Fsp3) is 0. The molecule has 1 aromatic carbocycles. The van der Waals surface area contributed by atoms with Gasteiger partial charge in [-0.1, -0.05) is 0 Å². The van der Waals surface area contributed by atoms with Crippen LogP contribution in [0.3, 0.4) is 0 Å². The zero-order chi connectivity index (χ0) is 13.0. The van der Waals surface area contributed by atoms with Crippen LogP contribution in [0.25, 0.3) is 0 Å². The molecule has 2 aromatic rings. The second-order valence-corrected chi connectivity index (χ2v) is 4.78. The smallest absolute Gasteiger partial charge is 0.274 e.